The normalized spacial score (nSPS) is 12.5. The second kappa shape index (κ2) is 6.99. The molecule has 0 aliphatic carbocycles. The van der Waals surface area contributed by atoms with E-state index in [1.54, 1.807) is 7.11 Å². The summed E-state index contributed by atoms with van der Waals surface area (Å²) < 4.78 is 6.41. The summed E-state index contributed by atoms with van der Waals surface area (Å²) in [7, 11) is 5.77. The number of hydrogen-bond acceptors (Lipinski definition) is 3. The van der Waals surface area contributed by atoms with Crippen LogP contribution in [0.3, 0.4) is 0 Å². The molecule has 3 nitrogen and oxygen atoms in total. The second-order valence-corrected chi connectivity index (χ2v) is 5.09. The SMILES string of the molecule is CNCc1ccc(N(C)CC(C)OC)cc1Br. The first-order valence-corrected chi connectivity index (χ1v) is 6.54. The van der Waals surface area contributed by atoms with Crippen LogP contribution < -0.4 is 10.2 Å². The first-order valence-electron chi connectivity index (χ1n) is 5.75. The van der Waals surface area contributed by atoms with Crippen LogP contribution in [0.5, 0.6) is 0 Å². The molecule has 1 aromatic rings. The lowest BCUT2D eigenvalue weighted by atomic mass is 10.2. The van der Waals surface area contributed by atoms with Crippen molar-refractivity contribution < 1.29 is 4.74 Å². The molecule has 0 heterocycles. The number of rotatable bonds is 6. The quantitative estimate of drug-likeness (QED) is 0.874. The van der Waals surface area contributed by atoms with Crippen LogP contribution in [-0.2, 0) is 11.3 Å². The van der Waals surface area contributed by atoms with Gasteiger partial charge in [-0.1, -0.05) is 22.0 Å². The van der Waals surface area contributed by atoms with Crippen molar-refractivity contribution in [3.8, 4) is 0 Å². The fraction of sp³-hybridized carbons (Fsp3) is 0.538. The summed E-state index contributed by atoms with van der Waals surface area (Å²) in [5.41, 5.74) is 2.46. The summed E-state index contributed by atoms with van der Waals surface area (Å²) in [5, 5.41) is 3.15. The lowest BCUT2D eigenvalue weighted by Gasteiger charge is -2.23. The summed E-state index contributed by atoms with van der Waals surface area (Å²) >= 11 is 3.60. The Hall–Kier alpha value is -0.580. The average Bonchev–Trinajstić information content (AvgIpc) is 2.31. The molecule has 0 aromatic heterocycles. The zero-order valence-corrected chi connectivity index (χ0v) is 12.5. The van der Waals surface area contributed by atoms with Crippen LogP contribution in [0.25, 0.3) is 0 Å². The van der Waals surface area contributed by atoms with Gasteiger partial charge in [0.25, 0.3) is 0 Å². The highest BCUT2D eigenvalue weighted by Crippen LogP contribution is 2.23. The first-order chi connectivity index (χ1) is 8.08. The number of halogens is 1. The maximum Gasteiger partial charge on any atom is 0.0717 e. The topological polar surface area (TPSA) is 24.5 Å². The molecule has 1 atom stereocenters. The van der Waals surface area contributed by atoms with Crippen LogP contribution in [0.1, 0.15) is 12.5 Å². The molecule has 4 heteroatoms. The lowest BCUT2D eigenvalue weighted by Crippen LogP contribution is -2.28. The van der Waals surface area contributed by atoms with E-state index in [1.807, 2.05) is 7.05 Å². The molecule has 0 aliphatic rings. The van der Waals surface area contributed by atoms with E-state index in [0.29, 0.717) is 0 Å². The van der Waals surface area contributed by atoms with E-state index < -0.39 is 0 Å². The molecule has 96 valence electrons. The van der Waals surface area contributed by atoms with Gasteiger partial charge >= 0.3 is 0 Å². The molecule has 1 N–H and O–H groups in total. The van der Waals surface area contributed by atoms with E-state index >= 15 is 0 Å². The average molecular weight is 301 g/mol. The van der Waals surface area contributed by atoms with Crippen molar-refractivity contribution in [2.75, 3.05) is 32.6 Å². The number of anilines is 1. The van der Waals surface area contributed by atoms with Gasteiger partial charge in [-0.3, -0.25) is 0 Å². The van der Waals surface area contributed by atoms with Crippen molar-refractivity contribution in [3.05, 3.63) is 28.2 Å². The van der Waals surface area contributed by atoms with Crippen LogP contribution in [-0.4, -0.2) is 33.9 Å². The van der Waals surface area contributed by atoms with Gasteiger partial charge in [0.05, 0.1) is 6.10 Å². The number of benzene rings is 1. The van der Waals surface area contributed by atoms with Crippen molar-refractivity contribution in [2.45, 2.75) is 19.6 Å². The largest absolute Gasteiger partial charge is 0.380 e. The van der Waals surface area contributed by atoms with E-state index in [9.17, 15) is 0 Å². The molecule has 0 bridgehead atoms. The number of methoxy groups -OCH3 is 1. The van der Waals surface area contributed by atoms with Crippen molar-refractivity contribution in [1.29, 1.82) is 0 Å². The van der Waals surface area contributed by atoms with E-state index in [0.717, 1.165) is 17.6 Å². The Bertz CT molecular complexity index is 357. The Kier molecular flexibility index (Phi) is 5.95. The highest BCUT2D eigenvalue weighted by Gasteiger charge is 2.08. The third-order valence-electron chi connectivity index (χ3n) is 2.78. The molecule has 0 fully saturated rings. The van der Waals surface area contributed by atoms with E-state index in [4.69, 9.17) is 4.74 Å². The highest BCUT2D eigenvalue weighted by molar-refractivity contribution is 9.10. The van der Waals surface area contributed by atoms with Crippen LogP contribution >= 0.6 is 15.9 Å². The summed E-state index contributed by atoms with van der Waals surface area (Å²) in [5.74, 6) is 0. The fourth-order valence-corrected chi connectivity index (χ4v) is 2.18. The highest BCUT2D eigenvalue weighted by atomic mass is 79.9. The Morgan fingerprint density at radius 3 is 2.71 bits per heavy atom. The number of ether oxygens (including phenoxy) is 1. The number of likely N-dealkylation sites (N-methyl/N-ethyl adjacent to an activating group) is 1. The Balaban J connectivity index is 2.75. The molecule has 0 radical (unpaired) electrons. The predicted octanol–water partition coefficient (Wildman–Crippen LogP) is 2.64. The summed E-state index contributed by atoms with van der Waals surface area (Å²) in [6.45, 7) is 3.83. The standard InChI is InChI=1S/C13H21BrN2O/c1-10(17-4)9-16(3)12-6-5-11(8-15-2)13(14)7-12/h5-7,10,15H,8-9H2,1-4H3. The van der Waals surface area contributed by atoms with Crippen molar-refractivity contribution in [2.24, 2.45) is 0 Å². The van der Waals surface area contributed by atoms with E-state index in [2.05, 4.69) is 58.3 Å². The van der Waals surface area contributed by atoms with E-state index in [-0.39, 0.29) is 6.10 Å². The van der Waals surface area contributed by atoms with Crippen molar-refractivity contribution in [1.82, 2.24) is 5.32 Å². The second-order valence-electron chi connectivity index (χ2n) is 4.23. The summed E-state index contributed by atoms with van der Waals surface area (Å²) in [6.07, 6.45) is 0.232. The summed E-state index contributed by atoms with van der Waals surface area (Å²) in [6, 6.07) is 6.43. The minimum Gasteiger partial charge on any atom is -0.380 e. The molecule has 0 saturated heterocycles. The molecule has 1 aromatic carbocycles. The molecule has 0 aliphatic heterocycles. The maximum atomic E-state index is 5.27. The lowest BCUT2D eigenvalue weighted by molar-refractivity contribution is 0.124. The van der Waals surface area contributed by atoms with Gasteiger partial charge in [-0.2, -0.15) is 0 Å². The molecule has 0 spiro atoms. The van der Waals surface area contributed by atoms with Gasteiger partial charge in [-0.15, -0.1) is 0 Å². The zero-order valence-electron chi connectivity index (χ0n) is 11.0. The minimum atomic E-state index is 0.232. The Morgan fingerprint density at radius 1 is 1.47 bits per heavy atom. The molecule has 0 amide bonds. The molecule has 0 saturated carbocycles. The van der Waals surface area contributed by atoms with Gasteiger partial charge in [0, 0.05) is 37.4 Å². The number of nitrogens with one attached hydrogen (secondary N) is 1. The van der Waals surface area contributed by atoms with Crippen molar-refractivity contribution >= 4 is 21.6 Å². The predicted molar refractivity (Wildman–Crippen MR) is 76.6 cm³/mol. The first kappa shape index (κ1) is 14.5. The minimum absolute atomic E-state index is 0.232. The molecule has 1 unspecified atom stereocenters. The van der Waals surface area contributed by atoms with Crippen LogP contribution in [0.15, 0.2) is 22.7 Å². The monoisotopic (exact) mass is 300 g/mol. The van der Waals surface area contributed by atoms with Gasteiger partial charge in [0.2, 0.25) is 0 Å². The smallest absolute Gasteiger partial charge is 0.0717 e. The van der Waals surface area contributed by atoms with Crippen LogP contribution in [0.2, 0.25) is 0 Å². The molecular weight excluding hydrogens is 280 g/mol. The molecular formula is C13H21BrN2O. The van der Waals surface area contributed by atoms with Gasteiger partial charge in [-0.05, 0) is 31.7 Å². The third kappa shape index (κ3) is 4.30. The van der Waals surface area contributed by atoms with Crippen LogP contribution in [0, 0.1) is 0 Å². The van der Waals surface area contributed by atoms with Crippen LogP contribution in [0.4, 0.5) is 5.69 Å². The maximum absolute atomic E-state index is 5.27. The van der Waals surface area contributed by atoms with Gasteiger partial charge < -0.3 is 15.0 Å². The van der Waals surface area contributed by atoms with E-state index in [1.165, 1.54) is 11.3 Å². The van der Waals surface area contributed by atoms with Gasteiger partial charge in [0.15, 0.2) is 0 Å². The Morgan fingerprint density at radius 2 is 2.18 bits per heavy atom. The van der Waals surface area contributed by atoms with Crippen molar-refractivity contribution in [3.63, 3.8) is 0 Å². The molecule has 1 rings (SSSR count). The van der Waals surface area contributed by atoms with Gasteiger partial charge in [-0.25, -0.2) is 0 Å². The Labute approximate surface area is 112 Å². The zero-order chi connectivity index (χ0) is 12.8. The number of hydrogen-bond donors (Lipinski definition) is 1. The molecule has 17 heavy (non-hydrogen) atoms. The summed E-state index contributed by atoms with van der Waals surface area (Å²) in [4.78, 5) is 2.20. The number of nitrogens with zero attached hydrogens (tertiary/aromatic N) is 1. The van der Waals surface area contributed by atoms with Gasteiger partial charge in [0.1, 0.15) is 0 Å². The third-order valence-corrected chi connectivity index (χ3v) is 3.52. The fourth-order valence-electron chi connectivity index (χ4n) is 1.67.